The Kier molecular flexibility index (Phi) is 8.39. The smallest absolute Gasteiger partial charge is 0.0789 e. The van der Waals surface area contributed by atoms with Crippen LogP contribution in [-0.4, -0.2) is 43.8 Å². The van der Waals surface area contributed by atoms with E-state index >= 15 is 0 Å². The third-order valence-corrected chi connectivity index (χ3v) is 7.76. The Morgan fingerprint density at radius 2 is 1.56 bits per heavy atom. The molecule has 1 aliphatic heterocycles. The number of hydrogen-bond acceptors (Lipinski definition) is 3. The second-order valence-electron chi connectivity index (χ2n) is 9.80. The highest BCUT2D eigenvalue weighted by atomic mass is 35.5. The van der Waals surface area contributed by atoms with Crippen LogP contribution in [0.5, 0.6) is 0 Å². The summed E-state index contributed by atoms with van der Waals surface area (Å²) in [6.07, 6.45) is 9.12. The molecule has 1 heterocycles. The van der Waals surface area contributed by atoms with Crippen molar-refractivity contribution in [2.24, 2.45) is 5.41 Å². The molecule has 32 heavy (non-hydrogen) atoms. The molecule has 0 spiro atoms. The van der Waals surface area contributed by atoms with Gasteiger partial charge in [-0.3, -0.25) is 4.90 Å². The molecule has 4 rings (SSSR count). The lowest BCUT2D eigenvalue weighted by Crippen LogP contribution is -2.45. The van der Waals surface area contributed by atoms with Crippen molar-refractivity contribution in [3.63, 3.8) is 0 Å². The molecule has 1 aliphatic carbocycles. The fourth-order valence-electron chi connectivity index (χ4n) is 5.26. The molecule has 1 saturated heterocycles. The van der Waals surface area contributed by atoms with Gasteiger partial charge in [-0.15, -0.1) is 0 Å². The van der Waals surface area contributed by atoms with Gasteiger partial charge in [0.2, 0.25) is 0 Å². The molecular formula is C27H36Cl2N2O. The van der Waals surface area contributed by atoms with Crippen molar-refractivity contribution in [3.05, 3.63) is 58.6 Å². The molecule has 1 unspecified atom stereocenters. The molecule has 1 atom stereocenters. The predicted molar refractivity (Wildman–Crippen MR) is 137 cm³/mol. The fourth-order valence-corrected chi connectivity index (χ4v) is 5.86. The van der Waals surface area contributed by atoms with E-state index in [0.717, 1.165) is 44.2 Å². The molecule has 0 radical (unpaired) electrons. The van der Waals surface area contributed by atoms with Crippen LogP contribution in [0.2, 0.25) is 10.0 Å². The van der Waals surface area contributed by atoms with Gasteiger partial charge in [-0.25, -0.2) is 0 Å². The summed E-state index contributed by atoms with van der Waals surface area (Å²) in [4.78, 5) is 4.86. The van der Waals surface area contributed by atoms with Gasteiger partial charge in [-0.2, -0.15) is 0 Å². The van der Waals surface area contributed by atoms with Crippen molar-refractivity contribution < 1.29 is 4.74 Å². The average Bonchev–Trinajstić information content (AvgIpc) is 3.33. The van der Waals surface area contributed by atoms with Crippen LogP contribution in [0.15, 0.2) is 48.5 Å². The molecule has 3 nitrogen and oxygen atoms in total. The van der Waals surface area contributed by atoms with Crippen molar-refractivity contribution in [1.29, 1.82) is 0 Å². The predicted octanol–water partition coefficient (Wildman–Crippen LogP) is 7.58. The number of halogens is 2. The number of ether oxygens (including phenoxy) is 1. The van der Waals surface area contributed by atoms with Crippen molar-refractivity contribution in [3.8, 4) is 0 Å². The first-order valence-electron chi connectivity index (χ1n) is 12.1. The Balaban J connectivity index is 1.54. The standard InChI is InChI=1S/C27H36Cl2N2O/c1-27(15-6-3-7-16-27)21-32-20-23(30-17-8-9-18-30)19-31(22-11-4-2-5-12-22)26-24(28)13-10-14-25(26)29/h2,4-5,10-14,23H,3,6-9,15-21H2,1H3. The maximum absolute atomic E-state index is 6.67. The molecule has 2 aliphatic rings. The topological polar surface area (TPSA) is 15.7 Å². The highest BCUT2D eigenvalue weighted by Gasteiger charge is 2.30. The van der Waals surface area contributed by atoms with Crippen LogP contribution in [0.25, 0.3) is 0 Å². The average molecular weight is 476 g/mol. The maximum Gasteiger partial charge on any atom is 0.0789 e. The zero-order valence-corrected chi connectivity index (χ0v) is 20.8. The van der Waals surface area contributed by atoms with Gasteiger partial charge in [0.1, 0.15) is 0 Å². The van der Waals surface area contributed by atoms with Gasteiger partial charge in [-0.1, -0.05) is 73.7 Å². The van der Waals surface area contributed by atoms with E-state index in [2.05, 4.69) is 41.0 Å². The zero-order valence-electron chi connectivity index (χ0n) is 19.2. The van der Waals surface area contributed by atoms with E-state index in [1.54, 1.807) is 0 Å². The SMILES string of the molecule is CC1(COCC(CN(c2ccccc2)c2c(Cl)cccc2Cl)N2CCCC2)CCCCC1. The van der Waals surface area contributed by atoms with Crippen LogP contribution in [0, 0.1) is 5.41 Å². The first-order valence-corrected chi connectivity index (χ1v) is 12.9. The molecule has 2 aromatic carbocycles. The van der Waals surface area contributed by atoms with Gasteiger partial charge in [0, 0.05) is 12.2 Å². The monoisotopic (exact) mass is 474 g/mol. The van der Waals surface area contributed by atoms with Crippen LogP contribution < -0.4 is 4.90 Å². The number of hydrogen-bond donors (Lipinski definition) is 0. The zero-order chi connectivity index (χ0) is 22.4. The lowest BCUT2D eigenvalue weighted by Gasteiger charge is -2.37. The van der Waals surface area contributed by atoms with Crippen LogP contribution in [-0.2, 0) is 4.74 Å². The molecule has 174 valence electrons. The van der Waals surface area contributed by atoms with E-state index in [1.165, 1.54) is 44.9 Å². The molecular weight excluding hydrogens is 439 g/mol. The Bertz CT molecular complexity index is 828. The normalized spacial score (nSPS) is 19.7. The second kappa shape index (κ2) is 11.2. The second-order valence-corrected chi connectivity index (χ2v) is 10.6. The Labute approximate surface area is 203 Å². The molecule has 2 fully saturated rings. The largest absolute Gasteiger partial charge is 0.379 e. The maximum atomic E-state index is 6.67. The van der Waals surface area contributed by atoms with Gasteiger partial charge in [0.05, 0.1) is 35.0 Å². The summed E-state index contributed by atoms with van der Waals surface area (Å²) in [7, 11) is 0. The number of benzene rings is 2. The van der Waals surface area contributed by atoms with Gasteiger partial charge in [0.15, 0.2) is 0 Å². The summed E-state index contributed by atoms with van der Waals surface area (Å²) >= 11 is 13.3. The number of anilines is 2. The van der Waals surface area contributed by atoms with E-state index in [9.17, 15) is 0 Å². The minimum absolute atomic E-state index is 0.289. The first kappa shape index (κ1) is 23.9. The van der Waals surface area contributed by atoms with Gasteiger partial charge in [-0.05, 0) is 68.5 Å². The lowest BCUT2D eigenvalue weighted by molar-refractivity contribution is 0.00516. The highest BCUT2D eigenvalue weighted by molar-refractivity contribution is 6.39. The van der Waals surface area contributed by atoms with Crippen LogP contribution in [0.3, 0.4) is 0 Å². The molecule has 5 heteroatoms. The van der Waals surface area contributed by atoms with Crippen molar-refractivity contribution >= 4 is 34.6 Å². The number of nitrogens with zero attached hydrogens (tertiary/aromatic N) is 2. The fraction of sp³-hybridized carbons (Fsp3) is 0.556. The van der Waals surface area contributed by atoms with E-state index in [1.807, 2.05) is 24.3 Å². The van der Waals surface area contributed by atoms with E-state index in [0.29, 0.717) is 15.5 Å². The highest BCUT2D eigenvalue weighted by Crippen LogP contribution is 2.39. The van der Waals surface area contributed by atoms with E-state index in [-0.39, 0.29) is 6.04 Å². The summed E-state index contributed by atoms with van der Waals surface area (Å²) in [6.45, 7) is 7.05. The van der Waals surface area contributed by atoms with Gasteiger partial charge >= 0.3 is 0 Å². The molecule has 2 aromatic rings. The molecule has 0 aromatic heterocycles. The quantitative estimate of drug-likeness (QED) is 0.372. The van der Waals surface area contributed by atoms with Crippen LogP contribution in [0.4, 0.5) is 11.4 Å². The summed E-state index contributed by atoms with van der Waals surface area (Å²) < 4.78 is 6.45. The third kappa shape index (κ3) is 5.99. The molecule has 0 N–H and O–H groups in total. The lowest BCUT2D eigenvalue weighted by atomic mass is 9.76. The third-order valence-electron chi connectivity index (χ3n) is 7.15. The van der Waals surface area contributed by atoms with Crippen molar-refractivity contribution in [2.75, 3.05) is 37.7 Å². The van der Waals surface area contributed by atoms with Gasteiger partial charge < -0.3 is 9.64 Å². The minimum atomic E-state index is 0.289. The summed E-state index contributed by atoms with van der Waals surface area (Å²) in [5, 5.41) is 1.36. The van der Waals surface area contributed by atoms with E-state index < -0.39 is 0 Å². The number of likely N-dealkylation sites (tertiary alicyclic amines) is 1. The van der Waals surface area contributed by atoms with Crippen LogP contribution >= 0.6 is 23.2 Å². The summed E-state index contributed by atoms with van der Waals surface area (Å²) in [6, 6.07) is 16.5. The first-order chi connectivity index (χ1) is 15.6. The summed E-state index contributed by atoms with van der Waals surface area (Å²) in [5.41, 5.74) is 2.32. The van der Waals surface area contributed by atoms with Crippen LogP contribution in [0.1, 0.15) is 51.9 Å². The molecule has 0 bridgehead atoms. The number of para-hydroxylation sites is 2. The van der Waals surface area contributed by atoms with Crippen molar-refractivity contribution in [2.45, 2.75) is 57.9 Å². The Morgan fingerprint density at radius 3 is 2.22 bits per heavy atom. The van der Waals surface area contributed by atoms with Gasteiger partial charge in [0.25, 0.3) is 0 Å². The van der Waals surface area contributed by atoms with Crippen molar-refractivity contribution in [1.82, 2.24) is 4.90 Å². The number of rotatable bonds is 9. The molecule has 1 saturated carbocycles. The van der Waals surface area contributed by atoms with E-state index in [4.69, 9.17) is 27.9 Å². The minimum Gasteiger partial charge on any atom is -0.379 e. The Hall–Kier alpha value is -1.26. The Morgan fingerprint density at radius 1 is 0.906 bits per heavy atom. The summed E-state index contributed by atoms with van der Waals surface area (Å²) in [5.74, 6) is 0. The molecule has 0 amide bonds.